The van der Waals surface area contributed by atoms with E-state index in [1.165, 1.54) is 4.90 Å². The molecule has 0 spiro atoms. The van der Waals surface area contributed by atoms with E-state index in [1.807, 2.05) is 37.3 Å². The molecule has 1 aliphatic heterocycles. The van der Waals surface area contributed by atoms with Crippen molar-refractivity contribution in [3.8, 4) is 0 Å². The Morgan fingerprint density at radius 1 is 1.24 bits per heavy atom. The summed E-state index contributed by atoms with van der Waals surface area (Å²) >= 11 is 6.00. The Morgan fingerprint density at radius 2 is 2.00 bits per heavy atom. The second-order valence-corrected chi connectivity index (χ2v) is 6.73. The number of carbonyl (C=O) groups is 2. The molecule has 0 saturated carbocycles. The van der Waals surface area contributed by atoms with Crippen molar-refractivity contribution in [3.63, 3.8) is 0 Å². The molecule has 1 saturated heterocycles. The molecule has 3 N–H and O–H groups in total. The Kier molecular flexibility index (Phi) is 5.36. The highest BCUT2D eigenvalue weighted by molar-refractivity contribution is 6.31. The second-order valence-electron chi connectivity index (χ2n) is 6.32. The summed E-state index contributed by atoms with van der Waals surface area (Å²) < 4.78 is 0. The standard InChI is InChI=1S/C19H20ClN3O2/c1-13-10-16(6-7-17(13)20)22-19(25)15-4-2-14(3-5-15)11-23-9-8-21-18(24)12-23/h2-7,10H,8-9,11-12H2,1H3,(H,21,24)(H,22,25)/p+1. The number of hydrogen-bond donors (Lipinski definition) is 3. The number of nitrogens with one attached hydrogen (secondary N) is 3. The van der Waals surface area contributed by atoms with Crippen LogP contribution in [-0.2, 0) is 11.3 Å². The average Bonchev–Trinajstić information content (AvgIpc) is 2.59. The Morgan fingerprint density at radius 3 is 2.68 bits per heavy atom. The molecule has 2 amide bonds. The molecule has 0 bridgehead atoms. The third-order valence-electron chi connectivity index (χ3n) is 4.30. The van der Waals surface area contributed by atoms with E-state index in [0.29, 0.717) is 17.1 Å². The molecular weight excluding hydrogens is 338 g/mol. The molecule has 3 rings (SSSR count). The zero-order valence-corrected chi connectivity index (χ0v) is 14.8. The zero-order valence-electron chi connectivity index (χ0n) is 14.1. The fourth-order valence-corrected chi connectivity index (χ4v) is 3.01. The van der Waals surface area contributed by atoms with E-state index in [-0.39, 0.29) is 11.8 Å². The lowest BCUT2D eigenvalue weighted by Crippen LogP contribution is -3.14. The van der Waals surface area contributed by atoms with Crippen LogP contribution in [0.2, 0.25) is 5.02 Å². The van der Waals surface area contributed by atoms with Gasteiger partial charge in [-0.2, -0.15) is 0 Å². The van der Waals surface area contributed by atoms with E-state index < -0.39 is 0 Å². The minimum atomic E-state index is -0.155. The van der Waals surface area contributed by atoms with Crippen LogP contribution >= 0.6 is 11.6 Å². The molecule has 2 aromatic rings. The molecule has 6 heteroatoms. The molecule has 0 aliphatic carbocycles. The molecule has 0 radical (unpaired) electrons. The van der Waals surface area contributed by atoms with Crippen molar-refractivity contribution in [3.05, 3.63) is 64.2 Å². The van der Waals surface area contributed by atoms with Crippen LogP contribution in [0.3, 0.4) is 0 Å². The van der Waals surface area contributed by atoms with Gasteiger partial charge in [-0.3, -0.25) is 9.59 Å². The number of aryl methyl sites for hydroxylation is 1. The summed E-state index contributed by atoms with van der Waals surface area (Å²) in [7, 11) is 0. The van der Waals surface area contributed by atoms with Crippen molar-refractivity contribution in [2.45, 2.75) is 13.5 Å². The monoisotopic (exact) mass is 358 g/mol. The second kappa shape index (κ2) is 7.68. The van der Waals surface area contributed by atoms with Gasteiger partial charge in [-0.15, -0.1) is 0 Å². The molecule has 1 heterocycles. The highest BCUT2D eigenvalue weighted by atomic mass is 35.5. The maximum atomic E-state index is 12.4. The third kappa shape index (κ3) is 4.59. The van der Waals surface area contributed by atoms with Crippen molar-refractivity contribution in [1.82, 2.24) is 5.32 Å². The first-order valence-corrected chi connectivity index (χ1v) is 8.66. The van der Waals surface area contributed by atoms with Crippen LogP contribution in [0.25, 0.3) is 0 Å². The maximum Gasteiger partial charge on any atom is 0.275 e. The third-order valence-corrected chi connectivity index (χ3v) is 4.72. The van der Waals surface area contributed by atoms with Crippen LogP contribution < -0.4 is 15.5 Å². The van der Waals surface area contributed by atoms with Crippen molar-refractivity contribution in [2.24, 2.45) is 0 Å². The van der Waals surface area contributed by atoms with Crippen molar-refractivity contribution in [2.75, 3.05) is 25.0 Å². The lowest BCUT2D eigenvalue weighted by molar-refractivity contribution is -0.907. The Labute approximate surface area is 152 Å². The van der Waals surface area contributed by atoms with Crippen LogP contribution in [0.15, 0.2) is 42.5 Å². The minimum Gasteiger partial charge on any atom is -0.346 e. The van der Waals surface area contributed by atoms with Gasteiger partial charge in [0.1, 0.15) is 6.54 Å². The number of rotatable bonds is 4. The average molecular weight is 359 g/mol. The van der Waals surface area contributed by atoms with Crippen LogP contribution in [0, 0.1) is 6.92 Å². The van der Waals surface area contributed by atoms with E-state index in [2.05, 4.69) is 10.6 Å². The normalized spacial score (nSPS) is 17.0. The number of amides is 2. The number of anilines is 1. The first-order valence-electron chi connectivity index (χ1n) is 8.28. The molecule has 130 valence electrons. The summed E-state index contributed by atoms with van der Waals surface area (Å²) in [6, 6.07) is 12.9. The molecule has 1 aliphatic rings. The lowest BCUT2D eigenvalue weighted by Gasteiger charge is -2.23. The molecular formula is C19H21ClN3O2+. The van der Waals surface area contributed by atoms with Crippen LogP contribution in [0.1, 0.15) is 21.5 Å². The van der Waals surface area contributed by atoms with Gasteiger partial charge in [0.15, 0.2) is 6.54 Å². The molecule has 1 atom stereocenters. The molecule has 0 aromatic heterocycles. The van der Waals surface area contributed by atoms with Gasteiger partial charge in [0.2, 0.25) is 0 Å². The summed E-state index contributed by atoms with van der Waals surface area (Å²) in [4.78, 5) is 25.0. The first kappa shape index (κ1) is 17.5. The molecule has 2 aromatic carbocycles. The maximum absolute atomic E-state index is 12.4. The van der Waals surface area contributed by atoms with Crippen LogP contribution in [-0.4, -0.2) is 31.4 Å². The minimum absolute atomic E-state index is 0.0931. The van der Waals surface area contributed by atoms with Gasteiger partial charge in [-0.1, -0.05) is 23.7 Å². The number of halogens is 1. The number of benzene rings is 2. The zero-order chi connectivity index (χ0) is 17.8. The lowest BCUT2D eigenvalue weighted by atomic mass is 10.1. The van der Waals surface area contributed by atoms with Gasteiger partial charge < -0.3 is 15.5 Å². The van der Waals surface area contributed by atoms with E-state index in [1.54, 1.807) is 12.1 Å². The van der Waals surface area contributed by atoms with Gasteiger partial charge in [-0.25, -0.2) is 0 Å². The first-order chi connectivity index (χ1) is 12.0. The summed E-state index contributed by atoms with van der Waals surface area (Å²) in [5, 5.41) is 6.39. The Bertz CT molecular complexity index is 790. The Hall–Kier alpha value is -2.37. The number of carbonyl (C=O) groups excluding carboxylic acids is 2. The van der Waals surface area contributed by atoms with Gasteiger partial charge in [-0.05, 0) is 42.8 Å². The summed E-state index contributed by atoms with van der Waals surface area (Å²) in [5.74, 6) is -0.0616. The Balaban J connectivity index is 1.62. The molecule has 25 heavy (non-hydrogen) atoms. The molecule has 1 unspecified atom stereocenters. The quantitative estimate of drug-likeness (QED) is 0.774. The summed E-state index contributed by atoms with van der Waals surface area (Å²) in [6.07, 6.45) is 0. The summed E-state index contributed by atoms with van der Waals surface area (Å²) in [5.41, 5.74) is 3.36. The highest BCUT2D eigenvalue weighted by Gasteiger charge is 2.19. The number of quaternary nitrogens is 1. The van der Waals surface area contributed by atoms with E-state index in [0.717, 1.165) is 36.4 Å². The van der Waals surface area contributed by atoms with Crippen LogP contribution in [0.5, 0.6) is 0 Å². The number of piperazine rings is 1. The van der Waals surface area contributed by atoms with Gasteiger partial charge in [0.25, 0.3) is 11.8 Å². The van der Waals surface area contributed by atoms with E-state index >= 15 is 0 Å². The van der Waals surface area contributed by atoms with Gasteiger partial charge >= 0.3 is 0 Å². The van der Waals surface area contributed by atoms with Gasteiger partial charge in [0.05, 0.1) is 13.1 Å². The van der Waals surface area contributed by atoms with Crippen molar-refractivity contribution >= 4 is 29.1 Å². The smallest absolute Gasteiger partial charge is 0.275 e. The number of hydrogen-bond acceptors (Lipinski definition) is 2. The predicted octanol–water partition coefficient (Wildman–Crippen LogP) is 1.42. The van der Waals surface area contributed by atoms with Crippen LogP contribution in [0.4, 0.5) is 5.69 Å². The van der Waals surface area contributed by atoms with E-state index in [9.17, 15) is 9.59 Å². The molecule has 1 fully saturated rings. The fraction of sp³-hybridized carbons (Fsp3) is 0.263. The fourth-order valence-electron chi connectivity index (χ4n) is 2.90. The van der Waals surface area contributed by atoms with Crippen molar-refractivity contribution in [1.29, 1.82) is 0 Å². The predicted molar refractivity (Wildman–Crippen MR) is 98.0 cm³/mol. The largest absolute Gasteiger partial charge is 0.346 e. The van der Waals surface area contributed by atoms with E-state index in [4.69, 9.17) is 11.6 Å². The summed E-state index contributed by atoms with van der Waals surface area (Å²) in [6.45, 7) is 4.82. The molecule has 5 nitrogen and oxygen atoms in total. The SMILES string of the molecule is Cc1cc(NC(=O)c2ccc(C[NH+]3CCNC(=O)C3)cc2)ccc1Cl. The topological polar surface area (TPSA) is 62.6 Å². The van der Waals surface area contributed by atoms with Gasteiger partial charge in [0, 0.05) is 21.8 Å². The van der Waals surface area contributed by atoms with Crippen molar-refractivity contribution < 1.29 is 14.5 Å². The highest BCUT2D eigenvalue weighted by Crippen LogP contribution is 2.20.